The zero-order valence-corrected chi connectivity index (χ0v) is 20.8. The molecule has 2 heterocycles. The average molecular weight is 500 g/mol. The van der Waals surface area contributed by atoms with Gasteiger partial charge in [0.25, 0.3) is 17.5 Å². The molecule has 0 atom stereocenters. The minimum Gasteiger partial charge on any atom is -0.366 e. The summed E-state index contributed by atoms with van der Waals surface area (Å²) in [4.78, 5) is 43.2. The quantitative estimate of drug-likeness (QED) is 0.490. The number of anilines is 2. The van der Waals surface area contributed by atoms with Crippen molar-refractivity contribution >= 4 is 40.5 Å². The number of hydrogen-bond acceptors (Lipinski definition) is 6. The smallest absolute Gasteiger partial charge is 0.293 e. The molecule has 2 aliphatic rings. The molecule has 2 saturated heterocycles. The van der Waals surface area contributed by atoms with E-state index in [1.54, 1.807) is 35.2 Å². The van der Waals surface area contributed by atoms with Crippen molar-refractivity contribution in [3.63, 3.8) is 0 Å². The topological polar surface area (TPSA) is 99.0 Å². The second-order valence-electron chi connectivity index (χ2n) is 9.37. The molecule has 35 heavy (non-hydrogen) atoms. The normalized spacial score (nSPS) is 17.3. The first-order chi connectivity index (χ1) is 16.7. The number of carbonyl (C=O) groups excluding carboxylic acids is 2. The predicted octanol–water partition coefficient (Wildman–Crippen LogP) is 4.12. The van der Waals surface area contributed by atoms with Crippen LogP contribution in [0.15, 0.2) is 36.4 Å². The number of hydrogen-bond donors (Lipinski definition) is 1. The Kier molecular flexibility index (Phi) is 7.57. The monoisotopic (exact) mass is 499 g/mol. The fourth-order valence-electron chi connectivity index (χ4n) is 4.47. The van der Waals surface area contributed by atoms with Crippen molar-refractivity contribution in [1.29, 1.82) is 0 Å². The zero-order valence-electron chi connectivity index (χ0n) is 20.0. The van der Waals surface area contributed by atoms with Crippen LogP contribution in [0, 0.1) is 16.0 Å². The molecule has 2 aromatic rings. The van der Waals surface area contributed by atoms with Crippen LogP contribution < -0.4 is 10.2 Å². The molecule has 9 nitrogen and oxygen atoms in total. The van der Waals surface area contributed by atoms with E-state index in [0.29, 0.717) is 30.3 Å². The van der Waals surface area contributed by atoms with Gasteiger partial charge in [-0.15, -0.1) is 0 Å². The summed E-state index contributed by atoms with van der Waals surface area (Å²) in [7, 11) is 2.02. The van der Waals surface area contributed by atoms with Gasteiger partial charge in [-0.3, -0.25) is 19.7 Å². The molecule has 0 bridgehead atoms. The lowest BCUT2D eigenvalue weighted by atomic mass is 9.98. The highest BCUT2D eigenvalue weighted by molar-refractivity contribution is 6.34. The molecule has 2 aromatic carbocycles. The molecule has 2 amide bonds. The summed E-state index contributed by atoms with van der Waals surface area (Å²) in [5.74, 6) is -0.0573. The lowest BCUT2D eigenvalue weighted by Crippen LogP contribution is -2.47. The molecule has 10 heteroatoms. The number of piperidine rings is 1. The Balaban J connectivity index is 1.52. The number of amides is 2. The lowest BCUT2D eigenvalue weighted by molar-refractivity contribution is -0.384. The van der Waals surface area contributed by atoms with Crippen LogP contribution in [-0.2, 0) is 0 Å². The molecule has 186 valence electrons. The van der Waals surface area contributed by atoms with Crippen LogP contribution >= 0.6 is 11.6 Å². The number of halogens is 1. The fourth-order valence-corrected chi connectivity index (χ4v) is 4.63. The van der Waals surface area contributed by atoms with Crippen molar-refractivity contribution in [3.05, 3.63) is 62.7 Å². The number of nitro groups is 1. The fraction of sp³-hybridized carbons (Fsp3) is 0.440. The molecule has 0 radical (unpaired) electrons. The Morgan fingerprint density at radius 3 is 2.31 bits per heavy atom. The van der Waals surface area contributed by atoms with Gasteiger partial charge in [0.05, 0.1) is 15.6 Å². The summed E-state index contributed by atoms with van der Waals surface area (Å²) in [5.41, 5.74) is 1.29. The van der Waals surface area contributed by atoms with Crippen LogP contribution in [0.1, 0.15) is 40.5 Å². The summed E-state index contributed by atoms with van der Waals surface area (Å²) in [6.07, 6.45) is 1.95. The third-order valence-electron chi connectivity index (χ3n) is 6.81. The number of likely N-dealkylation sites (N-methyl/N-ethyl adjacent to an activating group) is 1. The highest BCUT2D eigenvalue weighted by Gasteiger charge is 2.25. The van der Waals surface area contributed by atoms with E-state index in [4.69, 9.17) is 11.6 Å². The maximum Gasteiger partial charge on any atom is 0.293 e. The molecule has 2 aliphatic heterocycles. The number of nitro benzene ring substituents is 1. The molecule has 0 unspecified atom stereocenters. The lowest BCUT2D eigenvalue weighted by Gasteiger charge is -2.32. The predicted molar refractivity (Wildman–Crippen MR) is 137 cm³/mol. The maximum atomic E-state index is 13.0. The van der Waals surface area contributed by atoms with E-state index in [9.17, 15) is 19.7 Å². The minimum absolute atomic E-state index is 0.0997. The number of benzene rings is 2. The maximum absolute atomic E-state index is 13.0. The summed E-state index contributed by atoms with van der Waals surface area (Å²) >= 11 is 6.30. The third-order valence-corrected chi connectivity index (χ3v) is 7.14. The van der Waals surface area contributed by atoms with Crippen molar-refractivity contribution in [2.24, 2.45) is 5.92 Å². The standard InChI is InChI=1S/C25H30ClN5O4/c1-17-7-9-29(10-8-17)22-6-4-18(16-23(22)31(34)35)24(32)27-21-15-19(3-5-20(21)26)25(33)30-13-11-28(2)12-14-30/h3-6,15-17H,7-14H2,1-2H3,(H,27,32). The van der Waals surface area contributed by atoms with Gasteiger partial charge in [-0.25, -0.2) is 0 Å². The first kappa shape index (κ1) is 24.9. The van der Waals surface area contributed by atoms with Crippen LogP contribution in [0.25, 0.3) is 0 Å². The molecular weight excluding hydrogens is 470 g/mol. The first-order valence-electron chi connectivity index (χ1n) is 11.8. The second-order valence-corrected chi connectivity index (χ2v) is 9.78. The second kappa shape index (κ2) is 10.6. The van der Waals surface area contributed by atoms with E-state index in [-0.39, 0.29) is 27.9 Å². The van der Waals surface area contributed by atoms with Crippen molar-refractivity contribution in [2.75, 3.05) is 56.5 Å². The molecular formula is C25H30ClN5O4. The molecule has 2 fully saturated rings. The van der Waals surface area contributed by atoms with E-state index in [1.165, 1.54) is 6.07 Å². The largest absolute Gasteiger partial charge is 0.366 e. The highest BCUT2D eigenvalue weighted by Crippen LogP contribution is 2.33. The molecule has 0 saturated carbocycles. The first-order valence-corrected chi connectivity index (χ1v) is 12.2. The number of rotatable bonds is 5. The number of nitrogens with one attached hydrogen (secondary N) is 1. The molecule has 1 N–H and O–H groups in total. The van der Waals surface area contributed by atoms with Crippen molar-refractivity contribution in [1.82, 2.24) is 9.80 Å². The van der Waals surface area contributed by atoms with Crippen molar-refractivity contribution < 1.29 is 14.5 Å². The van der Waals surface area contributed by atoms with Crippen molar-refractivity contribution in [2.45, 2.75) is 19.8 Å². The van der Waals surface area contributed by atoms with Gasteiger partial charge in [0.15, 0.2) is 0 Å². The van der Waals surface area contributed by atoms with Gasteiger partial charge in [-0.1, -0.05) is 18.5 Å². The Bertz CT molecular complexity index is 1120. The SMILES string of the molecule is CC1CCN(c2ccc(C(=O)Nc3cc(C(=O)N4CCN(C)CC4)ccc3Cl)cc2[N+](=O)[O-])CC1. The Morgan fingerprint density at radius 1 is 1.00 bits per heavy atom. The van der Waals surface area contributed by atoms with Gasteiger partial charge in [0.1, 0.15) is 5.69 Å². The van der Waals surface area contributed by atoms with E-state index in [1.807, 2.05) is 11.9 Å². The Hall–Kier alpha value is -3.17. The van der Waals surface area contributed by atoms with Crippen LogP contribution in [0.3, 0.4) is 0 Å². The summed E-state index contributed by atoms with van der Waals surface area (Å²) < 4.78 is 0. The van der Waals surface area contributed by atoms with Crippen LogP contribution in [0.4, 0.5) is 17.1 Å². The Morgan fingerprint density at radius 2 is 1.66 bits per heavy atom. The summed E-state index contributed by atoms with van der Waals surface area (Å²) in [5, 5.41) is 14.8. The minimum atomic E-state index is -0.530. The van der Waals surface area contributed by atoms with E-state index in [0.717, 1.165) is 39.0 Å². The number of carbonyl (C=O) groups is 2. The molecule has 4 rings (SSSR count). The zero-order chi connectivity index (χ0) is 25.1. The van der Waals surface area contributed by atoms with Gasteiger partial charge in [0.2, 0.25) is 0 Å². The summed E-state index contributed by atoms with van der Waals surface area (Å²) in [6, 6.07) is 9.29. The van der Waals surface area contributed by atoms with E-state index < -0.39 is 10.8 Å². The van der Waals surface area contributed by atoms with Gasteiger partial charge < -0.3 is 20.0 Å². The van der Waals surface area contributed by atoms with Crippen LogP contribution in [0.2, 0.25) is 5.02 Å². The average Bonchev–Trinajstić information content (AvgIpc) is 2.85. The Labute approximate surface area is 209 Å². The molecule has 0 aromatic heterocycles. The molecule has 0 spiro atoms. The van der Waals surface area contributed by atoms with Crippen LogP contribution in [-0.4, -0.2) is 72.9 Å². The van der Waals surface area contributed by atoms with Gasteiger partial charge >= 0.3 is 0 Å². The van der Waals surface area contributed by atoms with Gasteiger partial charge in [-0.05, 0) is 56.1 Å². The van der Waals surface area contributed by atoms with E-state index in [2.05, 4.69) is 17.1 Å². The van der Waals surface area contributed by atoms with Crippen molar-refractivity contribution in [3.8, 4) is 0 Å². The van der Waals surface area contributed by atoms with E-state index >= 15 is 0 Å². The third kappa shape index (κ3) is 5.74. The molecule has 0 aliphatic carbocycles. The van der Waals surface area contributed by atoms with Gasteiger partial charge in [0, 0.05) is 56.5 Å². The summed E-state index contributed by atoms with van der Waals surface area (Å²) in [6.45, 7) is 6.53. The highest BCUT2D eigenvalue weighted by atomic mass is 35.5. The van der Waals surface area contributed by atoms with Crippen LogP contribution in [0.5, 0.6) is 0 Å². The number of nitrogens with zero attached hydrogens (tertiary/aromatic N) is 4. The van der Waals surface area contributed by atoms with Gasteiger partial charge in [-0.2, -0.15) is 0 Å². The number of piperazine rings is 1.